The molecule has 2 rings (SSSR count). The van der Waals surface area contributed by atoms with Crippen LogP contribution < -0.4 is 5.32 Å². The second-order valence-corrected chi connectivity index (χ2v) is 6.98. The molecule has 0 radical (unpaired) electrons. The van der Waals surface area contributed by atoms with Crippen molar-refractivity contribution in [1.29, 1.82) is 0 Å². The highest BCUT2D eigenvalue weighted by molar-refractivity contribution is 5.69. The summed E-state index contributed by atoms with van der Waals surface area (Å²) in [6.45, 7) is 5.88. The van der Waals surface area contributed by atoms with Gasteiger partial charge in [-0.1, -0.05) is 25.9 Å². The SMILES string of the molecule is CCCC(=O)OC[C@@H](O)CN[C@H](c1nc(-c2ccc([N+](=O)[O-])cc2)no1)C(C)C. The lowest BCUT2D eigenvalue weighted by Gasteiger charge is -2.20. The zero-order valence-electron chi connectivity index (χ0n) is 16.7. The number of benzene rings is 1. The van der Waals surface area contributed by atoms with Crippen molar-refractivity contribution < 1.29 is 24.1 Å². The minimum absolute atomic E-state index is 0.0205. The summed E-state index contributed by atoms with van der Waals surface area (Å²) in [5.74, 6) is 0.395. The molecule has 0 aliphatic heterocycles. The van der Waals surface area contributed by atoms with E-state index in [9.17, 15) is 20.0 Å². The number of esters is 1. The molecule has 0 saturated carbocycles. The first kappa shape index (κ1) is 22.4. The van der Waals surface area contributed by atoms with Crippen LogP contribution in [0, 0.1) is 16.0 Å². The van der Waals surface area contributed by atoms with Crippen molar-refractivity contribution in [3.63, 3.8) is 0 Å². The normalized spacial score (nSPS) is 13.3. The molecule has 0 saturated heterocycles. The molecule has 0 amide bonds. The summed E-state index contributed by atoms with van der Waals surface area (Å²) >= 11 is 0. The standard InChI is InChI=1S/C19H26N4O6/c1-4-5-16(25)28-11-15(24)10-20-17(12(2)3)19-21-18(22-29-19)13-6-8-14(9-7-13)23(26)27/h6-9,12,15,17,20,24H,4-5,10-11H2,1-3H3/t15-,17-/m0/s1. The number of carbonyl (C=O) groups is 1. The fraction of sp³-hybridized carbons (Fsp3) is 0.526. The first-order valence-corrected chi connectivity index (χ1v) is 9.47. The summed E-state index contributed by atoms with van der Waals surface area (Å²) in [5.41, 5.74) is 0.573. The van der Waals surface area contributed by atoms with Crippen LogP contribution in [0.1, 0.15) is 45.5 Å². The molecule has 0 bridgehead atoms. The zero-order chi connectivity index (χ0) is 21.4. The first-order valence-electron chi connectivity index (χ1n) is 9.47. The summed E-state index contributed by atoms with van der Waals surface area (Å²) in [6.07, 6.45) is 0.146. The van der Waals surface area contributed by atoms with E-state index in [1.807, 2.05) is 20.8 Å². The Labute approximate surface area is 168 Å². The van der Waals surface area contributed by atoms with Gasteiger partial charge in [0, 0.05) is 30.7 Å². The number of nitrogens with zero attached hydrogens (tertiary/aromatic N) is 3. The number of nitro groups is 1. The van der Waals surface area contributed by atoms with Gasteiger partial charge in [-0.3, -0.25) is 14.9 Å². The van der Waals surface area contributed by atoms with Gasteiger partial charge in [0.15, 0.2) is 0 Å². The first-order chi connectivity index (χ1) is 13.8. The van der Waals surface area contributed by atoms with Gasteiger partial charge in [0.2, 0.25) is 11.7 Å². The Kier molecular flexibility index (Phi) is 8.22. The van der Waals surface area contributed by atoms with Crippen LogP contribution in [0.4, 0.5) is 5.69 Å². The number of ether oxygens (including phenoxy) is 1. The van der Waals surface area contributed by atoms with Crippen LogP contribution in [0.5, 0.6) is 0 Å². The third-order valence-corrected chi connectivity index (χ3v) is 4.17. The molecular weight excluding hydrogens is 380 g/mol. The molecule has 0 fully saturated rings. The van der Waals surface area contributed by atoms with E-state index in [4.69, 9.17) is 9.26 Å². The Morgan fingerprint density at radius 3 is 2.62 bits per heavy atom. The van der Waals surface area contributed by atoms with Crippen molar-refractivity contribution in [2.75, 3.05) is 13.2 Å². The molecule has 0 spiro atoms. The molecule has 0 unspecified atom stereocenters. The summed E-state index contributed by atoms with van der Waals surface area (Å²) < 4.78 is 10.4. The van der Waals surface area contributed by atoms with E-state index in [2.05, 4.69) is 15.5 Å². The van der Waals surface area contributed by atoms with Crippen molar-refractivity contribution in [1.82, 2.24) is 15.5 Å². The van der Waals surface area contributed by atoms with Crippen molar-refractivity contribution in [3.05, 3.63) is 40.3 Å². The highest BCUT2D eigenvalue weighted by Crippen LogP contribution is 2.24. The lowest BCUT2D eigenvalue weighted by molar-refractivity contribution is -0.384. The van der Waals surface area contributed by atoms with Gasteiger partial charge in [-0.25, -0.2) is 0 Å². The topological polar surface area (TPSA) is 141 Å². The molecular formula is C19H26N4O6. The fourth-order valence-corrected chi connectivity index (χ4v) is 2.61. The monoisotopic (exact) mass is 406 g/mol. The second kappa shape index (κ2) is 10.6. The highest BCUT2D eigenvalue weighted by Gasteiger charge is 2.24. The van der Waals surface area contributed by atoms with Crippen LogP contribution >= 0.6 is 0 Å². The van der Waals surface area contributed by atoms with Crippen molar-refractivity contribution in [2.24, 2.45) is 5.92 Å². The van der Waals surface area contributed by atoms with Gasteiger partial charge in [0.05, 0.1) is 11.0 Å². The molecule has 2 atom stereocenters. The number of non-ortho nitro benzene ring substituents is 1. The maximum absolute atomic E-state index is 11.4. The van der Waals surface area contributed by atoms with Crippen molar-refractivity contribution in [2.45, 2.75) is 45.8 Å². The Morgan fingerprint density at radius 1 is 1.34 bits per heavy atom. The third-order valence-electron chi connectivity index (χ3n) is 4.17. The zero-order valence-corrected chi connectivity index (χ0v) is 16.7. The number of aromatic nitrogens is 2. The number of hydrogen-bond acceptors (Lipinski definition) is 9. The number of nitro benzene ring substituents is 1. The van der Waals surface area contributed by atoms with E-state index in [0.717, 1.165) is 0 Å². The number of hydrogen-bond donors (Lipinski definition) is 2. The van der Waals surface area contributed by atoms with Gasteiger partial charge in [-0.05, 0) is 24.5 Å². The molecule has 1 aromatic carbocycles. The summed E-state index contributed by atoms with van der Waals surface area (Å²) in [7, 11) is 0. The Hall–Kier alpha value is -2.85. The number of rotatable bonds is 11. The number of aliphatic hydroxyl groups excluding tert-OH is 1. The quantitative estimate of drug-likeness (QED) is 0.327. The molecule has 10 heteroatoms. The number of nitrogens with one attached hydrogen (secondary N) is 1. The van der Waals surface area contributed by atoms with Crippen LogP contribution in [0.2, 0.25) is 0 Å². The van der Waals surface area contributed by atoms with Gasteiger partial charge in [0.1, 0.15) is 12.7 Å². The van der Waals surface area contributed by atoms with Gasteiger partial charge in [-0.15, -0.1) is 0 Å². The highest BCUT2D eigenvalue weighted by atomic mass is 16.6. The lowest BCUT2D eigenvalue weighted by atomic mass is 10.0. The van der Waals surface area contributed by atoms with Crippen LogP contribution in [-0.2, 0) is 9.53 Å². The molecule has 29 heavy (non-hydrogen) atoms. The third kappa shape index (κ3) is 6.61. The number of aliphatic hydroxyl groups is 1. The minimum atomic E-state index is -0.867. The van der Waals surface area contributed by atoms with E-state index in [-0.39, 0.29) is 36.8 Å². The second-order valence-electron chi connectivity index (χ2n) is 6.98. The average molecular weight is 406 g/mol. The predicted octanol–water partition coefficient (Wildman–Crippen LogP) is 2.64. The van der Waals surface area contributed by atoms with Crippen molar-refractivity contribution in [3.8, 4) is 11.4 Å². The lowest BCUT2D eigenvalue weighted by Crippen LogP contribution is -2.35. The van der Waals surface area contributed by atoms with E-state index in [1.54, 1.807) is 12.1 Å². The van der Waals surface area contributed by atoms with Crippen LogP contribution in [0.15, 0.2) is 28.8 Å². The summed E-state index contributed by atoms with van der Waals surface area (Å²) in [4.78, 5) is 26.0. The molecule has 1 heterocycles. The minimum Gasteiger partial charge on any atom is -0.463 e. The van der Waals surface area contributed by atoms with E-state index >= 15 is 0 Å². The van der Waals surface area contributed by atoms with E-state index in [0.29, 0.717) is 30.1 Å². The van der Waals surface area contributed by atoms with E-state index in [1.165, 1.54) is 12.1 Å². The van der Waals surface area contributed by atoms with Gasteiger partial charge >= 0.3 is 5.97 Å². The molecule has 0 aliphatic rings. The smallest absolute Gasteiger partial charge is 0.305 e. The molecule has 2 aromatic rings. The summed E-state index contributed by atoms with van der Waals surface area (Å²) in [6, 6.07) is 5.53. The summed E-state index contributed by atoms with van der Waals surface area (Å²) in [5, 5.41) is 27.9. The largest absolute Gasteiger partial charge is 0.463 e. The average Bonchev–Trinajstić information content (AvgIpc) is 3.16. The molecule has 2 N–H and O–H groups in total. The Morgan fingerprint density at radius 2 is 2.03 bits per heavy atom. The fourth-order valence-electron chi connectivity index (χ4n) is 2.61. The molecule has 0 aliphatic carbocycles. The predicted molar refractivity (Wildman–Crippen MR) is 104 cm³/mol. The van der Waals surface area contributed by atoms with E-state index < -0.39 is 11.0 Å². The van der Waals surface area contributed by atoms with Crippen molar-refractivity contribution >= 4 is 11.7 Å². The van der Waals surface area contributed by atoms with Crippen LogP contribution in [0.3, 0.4) is 0 Å². The van der Waals surface area contributed by atoms with Gasteiger partial charge < -0.3 is 19.7 Å². The maximum atomic E-state index is 11.4. The molecule has 158 valence electrons. The molecule has 10 nitrogen and oxygen atoms in total. The van der Waals surface area contributed by atoms with Crippen LogP contribution in [0.25, 0.3) is 11.4 Å². The van der Waals surface area contributed by atoms with Crippen LogP contribution in [-0.4, -0.2) is 45.4 Å². The Bertz CT molecular complexity index is 805. The van der Waals surface area contributed by atoms with Gasteiger partial charge in [0.25, 0.3) is 5.69 Å². The number of carbonyl (C=O) groups excluding carboxylic acids is 1. The maximum Gasteiger partial charge on any atom is 0.305 e. The molecule has 1 aromatic heterocycles. The van der Waals surface area contributed by atoms with Gasteiger partial charge in [-0.2, -0.15) is 4.98 Å². The Balaban J connectivity index is 1.99.